The van der Waals surface area contributed by atoms with Crippen molar-refractivity contribution >= 4 is 23.5 Å². The summed E-state index contributed by atoms with van der Waals surface area (Å²) in [6.07, 6.45) is -5.22. The van der Waals surface area contributed by atoms with Crippen molar-refractivity contribution in [3.8, 4) is 17.2 Å². The van der Waals surface area contributed by atoms with Crippen LogP contribution in [0.15, 0.2) is 36.4 Å². The fourth-order valence-electron chi connectivity index (χ4n) is 2.51. The molecule has 2 aromatic carbocycles. The van der Waals surface area contributed by atoms with E-state index in [1.54, 1.807) is 0 Å². The number of aromatic carboxylic acids is 1. The van der Waals surface area contributed by atoms with Crippen molar-refractivity contribution < 1.29 is 42.1 Å². The average Bonchev–Trinajstić information content (AvgIpc) is 3.00. The highest BCUT2D eigenvalue weighted by Crippen LogP contribution is 2.37. The van der Waals surface area contributed by atoms with Crippen molar-refractivity contribution in [3.05, 3.63) is 52.5 Å². The van der Waals surface area contributed by atoms with Gasteiger partial charge < -0.3 is 19.3 Å². The molecule has 0 aromatic heterocycles. The molecule has 0 amide bonds. The fraction of sp³-hybridized carbons (Fsp3) is 0.222. The van der Waals surface area contributed by atoms with Crippen LogP contribution in [0.5, 0.6) is 17.2 Å². The standard InChI is InChI=1S/C18H12ClF3O6/c19-13-8-10(1-3-12(13)18(20,21)22)27-9-2-4-14(11(7-9)16(23)24)28-15-5-6-26-17(15)25/h1-4,7-8,15H,5-6H2,(H,23,24). The van der Waals surface area contributed by atoms with Gasteiger partial charge in [-0.05, 0) is 30.3 Å². The molecule has 1 heterocycles. The van der Waals surface area contributed by atoms with Gasteiger partial charge in [0.15, 0.2) is 6.10 Å². The van der Waals surface area contributed by atoms with Crippen LogP contribution in [-0.2, 0) is 15.7 Å². The van der Waals surface area contributed by atoms with Crippen LogP contribution < -0.4 is 9.47 Å². The number of hydrogen-bond donors (Lipinski definition) is 1. The van der Waals surface area contributed by atoms with Gasteiger partial charge in [0.1, 0.15) is 22.8 Å². The van der Waals surface area contributed by atoms with Crippen molar-refractivity contribution in [2.24, 2.45) is 0 Å². The van der Waals surface area contributed by atoms with Crippen LogP contribution in [-0.4, -0.2) is 29.8 Å². The summed E-state index contributed by atoms with van der Waals surface area (Å²) in [5, 5.41) is 8.82. The van der Waals surface area contributed by atoms with Gasteiger partial charge in [0.25, 0.3) is 0 Å². The zero-order chi connectivity index (χ0) is 20.5. The van der Waals surface area contributed by atoms with E-state index in [9.17, 15) is 27.9 Å². The molecule has 1 aliphatic heterocycles. The number of ether oxygens (including phenoxy) is 3. The number of cyclic esters (lactones) is 1. The minimum absolute atomic E-state index is 0.0117. The highest BCUT2D eigenvalue weighted by molar-refractivity contribution is 6.31. The van der Waals surface area contributed by atoms with E-state index in [0.717, 1.165) is 24.3 Å². The first kappa shape index (κ1) is 19.8. The first-order chi connectivity index (χ1) is 13.1. The smallest absolute Gasteiger partial charge is 0.417 e. The number of carbonyl (C=O) groups excluding carboxylic acids is 1. The van der Waals surface area contributed by atoms with Crippen LogP contribution in [0, 0.1) is 0 Å². The van der Waals surface area contributed by atoms with Crippen LogP contribution in [0.3, 0.4) is 0 Å². The predicted molar refractivity (Wildman–Crippen MR) is 89.9 cm³/mol. The van der Waals surface area contributed by atoms with Gasteiger partial charge in [0.2, 0.25) is 0 Å². The molecule has 0 spiro atoms. The number of alkyl halides is 3. The Labute approximate surface area is 161 Å². The lowest BCUT2D eigenvalue weighted by Gasteiger charge is -2.14. The summed E-state index contributed by atoms with van der Waals surface area (Å²) < 4.78 is 53.8. The summed E-state index contributed by atoms with van der Waals surface area (Å²) >= 11 is 5.64. The molecule has 3 rings (SSSR count). The van der Waals surface area contributed by atoms with E-state index in [0.29, 0.717) is 6.42 Å². The number of benzene rings is 2. The Morgan fingerprint density at radius 2 is 1.86 bits per heavy atom. The minimum Gasteiger partial charge on any atom is -0.478 e. The van der Waals surface area contributed by atoms with Gasteiger partial charge in [0.05, 0.1) is 17.2 Å². The first-order valence-electron chi connectivity index (χ1n) is 7.90. The lowest BCUT2D eigenvalue weighted by Crippen LogP contribution is -2.22. The average molecular weight is 417 g/mol. The Morgan fingerprint density at radius 3 is 2.43 bits per heavy atom. The van der Waals surface area contributed by atoms with E-state index >= 15 is 0 Å². The zero-order valence-electron chi connectivity index (χ0n) is 14.0. The number of rotatable bonds is 5. The summed E-state index contributed by atoms with van der Waals surface area (Å²) in [7, 11) is 0. The van der Waals surface area contributed by atoms with E-state index in [1.165, 1.54) is 12.1 Å². The summed E-state index contributed by atoms with van der Waals surface area (Å²) in [5.41, 5.74) is -1.30. The molecule has 1 saturated heterocycles. The van der Waals surface area contributed by atoms with E-state index < -0.39 is 34.8 Å². The largest absolute Gasteiger partial charge is 0.478 e. The van der Waals surface area contributed by atoms with Gasteiger partial charge in [-0.3, -0.25) is 0 Å². The van der Waals surface area contributed by atoms with Crippen LogP contribution in [0.2, 0.25) is 5.02 Å². The van der Waals surface area contributed by atoms with Gasteiger partial charge in [0, 0.05) is 12.5 Å². The van der Waals surface area contributed by atoms with Crippen molar-refractivity contribution in [1.82, 2.24) is 0 Å². The number of carbonyl (C=O) groups is 2. The van der Waals surface area contributed by atoms with Crippen molar-refractivity contribution in [2.75, 3.05) is 6.61 Å². The molecule has 1 aliphatic rings. The third kappa shape index (κ3) is 4.30. The molecule has 2 aromatic rings. The number of halogens is 4. The molecule has 1 atom stereocenters. The molecule has 0 aliphatic carbocycles. The predicted octanol–water partition coefficient (Wildman–Crippen LogP) is 4.54. The number of hydrogen-bond acceptors (Lipinski definition) is 5. The SMILES string of the molecule is O=C(O)c1cc(Oc2ccc(C(F)(F)F)c(Cl)c2)ccc1OC1CCOC1=O. The molecule has 0 saturated carbocycles. The Bertz CT molecular complexity index is 928. The normalized spacial score (nSPS) is 16.6. The molecule has 1 unspecified atom stereocenters. The molecule has 10 heteroatoms. The Balaban J connectivity index is 1.83. The Kier molecular flexibility index (Phi) is 5.37. The second-order valence-electron chi connectivity index (χ2n) is 5.77. The molecule has 6 nitrogen and oxygen atoms in total. The highest BCUT2D eigenvalue weighted by atomic mass is 35.5. The van der Waals surface area contributed by atoms with E-state index in [2.05, 4.69) is 0 Å². The molecule has 1 N–H and O–H groups in total. The molecule has 1 fully saturated rings. The molecule has 0 bridgehead atoms. The number of esters is 1. The highest BCUT2D eigenvalue weighted by Gasteiger charge is 2.33. The zero-order valence-corrected chi connectivity index (χ0v) is 14.7. The second kappa shape index (κ2) is 7.59. The number of carboxylic acids is 1. The third-order valence-electron chi connectivity index (χ3n) is 3.82. The topological polar surface area (TPSA) is 82.1 Å². The van der Waals surface area contributed by atoms with Gasteiger partial charge in [-0.15, -0.1) is 0 Å². The summed E-state index contributed by atoms with van der Waals surface area (Å²) in [4.78, 5) is 23.0. The minimum atomic E-state index is -4.60. The van der Waals surface area contributed by atoms with Gasteiger partial charge in [-0.2, -0.15) is 13.2 Å². The monoisotopic (exact) mass is 416 g/mol. The lowest BCUT2D eigenvalue weighted by molar-refractivity contribution is -0.143. The Morgan fingerprint density at radius 1 is 1.18 bits per heavy atom. The fourth-order valence-corrected chi connectivity index (χ4v) is 2.78. The Hall–Kier alpha value is -2.94. The molecular weight excluding hydrogens is 405 g/mol. The van der Waals surface area contributed by atoms with Gasteiger partial charge >= 0.3 is 18.1 Å². The maximum absolute atomic E-state index is 12.8. The first-order valence-corrected chi connectivity index (χ1v) is 8.28. The quantitative estimate of drug-likeness (QED) is 0.720. The van der Waals surface area contributed by atoms with Crippen molar-refractivity contribution in [2.45, 2.75) is 18.7 Å². The van der Waals surface area contributed by atoms with E-state index in [-0.39, 0.29) is 29.4 Å². The van der Waals surface area contributed by atoms with Crippen LogP contribution in [0.1, 0.15) is 22.3 Å². The van der Waals surface area contributed by atoms with Gasteiger partial charge in [-0.25, -0.2) is 9.59 Å². The lowest BCUT2D eigenvalue weighted by atomic mass is 10.1. The van der Waals surface area contributed by atoms with E-state index in [1.807, 2.05) is 0 Å². The molecular formula is C18H12ClF3O6. The summed E-state index contributed by atoms with van der Waals surface area (Å²) in [6.45, 7) is 0.182. The maximum atomic E-state index is 12.8. The molecule has 0 radical (unpaired) electrons. The summed E-state index contributed by atoms with van der Waals surface area (Å²) in [5.74, 6) is -1.96. The van der Waals surface area contributed by atoms with Crippen molar-refractivity contribution in [3.63, 3.8) is 0 Å². The van der Waals surface area contributed by atoms with Crippen molar-refractivity contribution in [1.29, 1.82) is 0 Å². The summed E-state index contributed by atoms with van der Waals surface area (Å²) in [6, 6.07) is 6.57. The van der Waals surface area contributed by atoms with Crippen LogP contribution in [0.25, 0.3) is 0 Å². The van der Waals surface area contributed by atoms with Crippen LogP contribution in [0.4, 0.5) is 13.2 Å². The molecule has 148 valence electrons. The van der Waals surface area contributed by atoms with Gasteiger partial charge in [-0.1, -0.05) is 11.6 Å². The van der Waals surface area contributed by atoms with Crippen LogP contribution >= 0.6 is 11.6 Å². The second-order valence-corrected chi connectivity index (χ2v) is 6.17. The number of carboxylic acid groups (broad SMARTS) is 1. The third-order valence-corrected chi connectivity index (χ3v) is 4.13. The molecule has 28 heavy (non-hydrogen) atoms. The van der Waals surface area contributed by atoms with E-state index in [4.69, 9.17) is 25.8 Å². The maximum Gasteiger partial charge on any atom is 0.417 e.